The van der Waals surface area contributed by atoms with E-state index in [0.717, 1.165) is 16.8 Å². The summed E-state index contributed by atoms with van der Waals surface area (Å²) in [5.74, 6) is 1.74. The third-order valence-electron chi connectivity index (χ3n) is 2.62. The van der Waals surface area contributed by atoms with E-state index in [2.05, 4.69) is 42.1 Å². The zero-order valence-corrected chi connectivity index (χ0v) is 13.2. The highest BCUT2D eigenvalue weighted by atomic mass is 32.1. The number of rotatable bonds is 7. The number of anilines is 1. The second-order valence-corrected chi connectivity index (χ2v) is 6.23. The summed E-state index contributed by atoms with van der Waals surface area (Å²) in [4.78, 5) is 10.9. The van der Waals surface area contributed by atoms with Gasteiger partial charge in [0.15, 0.2) is 0 Å². The molecule has 5 nitrogen and oxygen atoms in total. The standard InChI is InChI=1S/C14H21N3O2S/c1-9(2)8-18-5-6-19-12-11-7-10(3)20-13(11)17-14(15-4)16-12/h7,9H,5-6,8H2,1-4H3,(H,15,16,17). The van der Waals surface area contributed by atoms with E-state index in [1.807, 2.05) is 0 Å². The average Bonchev–Trinajstić information content (AvgIpc) is 2.78. The first kappa shape index (κ1) is 15.0. The van der Waals surface area contributed by atoms with Crippen LogP contribution >= 0.6 is 11.3 Å². The van der Waals surface area contributed by atoms with Crippen molar-refractivity contribution in [2.24, 2.45) is 5.92 Å². The number of nitrogens with zero attached hydrogens (tertiary/aromatic N) is 2. The van der Waals surface area contributed by atoms with Gasteiger partial charge in [-0.05, 0) is 18.9 Å². The highest BCUT2D eigenvalue weighted by molar-refractivity contribution is 7.18. The fourth-order valence-corrected chi connectivity index (χ4v) is 2.62. The molecule has 1 N–H and O–H groups in total. The molecule has 0 atom stereocenters. The van der Waals surface area contributed by atoms with E-state index in [1.54, 1.807) is 18.4 Å². The minimum Gasteiger partial charge on any atom is -0.475 e. The lowest BCUT2D eigenvalue weighted by atomic mass is 10.2. The first-order chi connectivity index (χ1) is 9.60. The SMILES string of the molecule is CNc1nc(OCCOCC(C)C)c2cc(C)sc2n1. The molecule has 2 heterocycles. The van der Waals surface area contributed by atoms with Crippen molar-refractivity contribution in [1.82, 2.24) is 9.97 Å². The quantitative estimate of drug-likeness (QED) is 0.795. The van der Waals surface area contributed by atoms with Gasteiger partial charge in [-0.15, -0.1) is 11.3 Å². The monoisotopic (exact) mass is 295 g/mol. The minimum absolute atomic E-state index is 0.497. The normalized spacial score (nSPS) is 11.2. The van der Waals surface area contributed by atoms with Crippen LogP contribution in [0.15, 0.2) is 6.07 Å². The van der Waals surface area contributed by atoms with E-state index >= 15 is 0 Å². The van der Waals surface area contributed by atoms with Gasteiger partial charge in [-0.25, -0.2) is 4.98 Å². The van der Waals surface area contributed by atoms with Crippen molar-refractivity contribution in [2.75, 3.05) is 32.2 Å². The molecule has 0 radical (unpaired) electrons. The van der Waals surface area contributed by atoms with E-state index in [1.165, 1.54) is 4.88 Å². The molecule has 6 heteroatoms. The molecule has 2 rings (SSSR count). The smallest absolute Gasteiger partial charge is 0.227 e. The summed E-state index contributed by atoms with van der Waals surface area (Å²) in [6.45, 7) is 8.13. The summed E-state index contributed by atoms with van der Waals surface area (Å²) in [5.41, 5.74) is 0. The number of hydrogen-bond donors (Lipinski definition) is 1. The number of fused-ring (bicyclic) bond motifs is 1. The molecule has 2 aromatic heterocycles. The molecule has 0 spiro atoms. The molecular weight excluding hydrogens is 274 g/mol. The summed E-state index contributed by atoms with van der Waals surface area (Å²) in [6, 6.07) is 2.06. The molecule has 110 valence electrons. The van der Waals surface area contributed by atoms with Gasteiger partial charge in [0.1, 0.15) is 11.4 Å². The fraction of sp³-hybridized carbons (Fsp3) is 0.571. The third-order valence-corrected chi connectivity index (χ3v) is 3.57. The van der Waals surface area contributed by atoms with Crippen LogP contribution in [0.25, 0.3) is 10.2 Å². The molecule has 2 aromatic rings. The second kappa shape index (κ2) is 6.85. The van der Waals surface area contributed by atoms with E-state index in [-0.39, 0.29) is 0 Å². The summed E-state index contributed by atoms with van der Waals surface area (Å²) < 4.78 is 11.3. The largest absolute Gasteiger partial charge is 0.475 e. The highest BCUT2D eigenvalue weighted by Gasteiger charge is 2.11. The van der Waals surface area contributed by atoms with Gasteiger partial charge >= 0.3 is 0 Å². The van der Waals surface area contributed by atoms with Gasteiger partial charge in [0.05, 0.1) is 12.0 Å². The fourth-order valence-electron chi connectivity index (χ4n) is 1.75. The Kier molecular flexibility index (Phi) is 5.14. The predicted octanol–water partition coefficient (Wildman–Crippen LogP) is 3.09. The highest BCUT2D eigenvalue weighted by Crippen LogP contribution is 2.30. The molecule has 0 saturated heterocycles. The van der Waals surface area contributed by atoms with Crippen molar-refractivity contribution >= 4 is 27.5 Å². The summed E-state index contributed by atoms with van der Waals surface area (Å²) in [5, 5.41) is 3.93. The van der Waals surface area contributed by atoms with Crippen LogP contribution < -0.4 is 10.1 Å². The Hall–Kier alpha value is -1.40. The van der Waals surface area contributed by atoms with E-state index in [0.29, 0.717) is 31.0 Å². The first-order valence-electron chi connectivity index (χ1n) is 6.76. The van der Waals surface area contributed by atoms with Crippen LogP contribution in [0.1, 0.15) is 18.7 Å². The van der Waals surface area contributed by atoms with Gasteiger partial charge in [-0.1, -0.05) is 13.8 Å². The summed E-state index contributed by atoms with van der Waals surface area (Å²) in [7, 11) is 1.80. The lowest BCUT2D eigenvalue weighted by molar-refractivity contribution is 0.0811. The number of ether oxygens (including phenoxy) is 2. The van der Waals surface area contributed by atoms with Crippen LogP contribution in [0.2, 0.25) is 0 Å². The van der Waals surface area contributed by atoms with Gasteiger partial charge in [0, 0.05) is 18.5 Å². The Balaban J connectivity index is 2.04. The Morgan fingerprint density at radius 2 is 2.10 bits per heavy atom. The Morgan fingerprint density at radius 3 is 2.80 bits per heavy atom. The van der Waals surface area contributed by atoms with Crippen molar-refractivity contribution < 1.29 is 9.47 Å². The summed E-state index contributed by atoms with van der Waals surface area (Å²) >= 11 is 1.64. The van der Waals surface area contributed by atoms with E-state index < -0.39 is 0 Å². The predicted molar refractivity (Wildman–Crippen MR) is 82.9 cm³/mol. The molecule has 20 heavy (non-hydrogen) atoms. The zero-order valence-electron chi connectivity index (χ0n) is 12.4. The lowest BCUT2D eigenvalue weighted by Crippen LogP contribution is -2.11. The van der Waals surface area contributed by atoms with Gasteiger partial charge in [-0.2, -0.15) is 4.98 Å². The molecular formula is C14H21N3O2S. The van der Waals surface area contributed by atoms with Crippen LogP contribution in [0.3, 0.4) is 0 Å². The average molecular weight is 295 g/mol. The molecule has 0 fully saturated rings. The summed E-state index contributed by atoms with van der Waals surface area (Å²) in [6.07, 6.45) is 0. The van der Waals surface area contributed by atoms with Gasteiger partial charge in [0.25, 0.3) is 0 Å². The topological polar surface area (TPSA) is 56.3 Å². The molecule has 0 unspecified atom stereocenters. The molecule has 0 amide bonds. The Morgan fingerprint density at radius 1 is 1.30 bits per heavy atom. The first-order valence-corrected chi connectivity index (χ1v) is 7.58. The van der Waals surface area contributed by atoms with E-state index in [9.17, 15) is 0 Å². The second-order valence-electron chi connectivity index (χ2n) is 5.00. The number of aromatic nitrogens is 2. The molecule has 0 aliphatic carbocycles. The molecule has 0 bridgehead atoms. The van der Waals surface area contributed by atoms with Gasteiger partial charge < -0.3 is 14.8 Å². The van der Waals surface area contributed by atoms with Crippen LogP contribution in [-0.2, 0) is 4.74 Å². The number of hydrogen-bond acceptors (Lipinski definition) is 6. The maximum absolute atomic E-state index is 5.75. The maximum Gasteiger partial charge on any atom is 0.227 e. The van der Waals surface area contributed by atoms with Crippen LogP contribution in [0.5, 0.6) is 5.88 Å². The van der Waals surface area contributed by atoms with Crippen molar-refractivity contribution in [2.45, 2.75) is 20.8 Å². The number of thiophene rings is 1. The van der Waals surface area contributed by atoms with Crippen LogP contribution in [-0.4, -0.2) is 36.8 Å². The lowest BCUT2D eigenvalue weighted by Gasteiger charge is -2.09. The Labute approximate surface area is 123 Å². The van der Waals surface area contributed by atoms with E-state index in [4.69, 9.17) is 9.47 Å². The van der Waals surface area contributed by atoms with Crippen LogP contribution in [0, 0.1) is 12.8 Å². The van der Waals surface area contributed by atoms with Crippen molar-refractivity contribution in [1.29, 1.82) is 0 Å². The van der Waals surface area contributed by atoms with Crippen molar-refractivity contribution in [3.8, 4) is 5.88 Å². The zero-order chi connectivity index (χ0) is 14.5. The molecule has 0 aliphatic heterocycles. The van der Waals surface area contributed by atoms with Gasteiger partial charge in [-0.3, -0.25) is 0 Å². The maximum atomic E-state index is 5.75. The number of aryl methyl sites for hydroxylation is 1. The van der Waals surface area contributed by atoms with Crippen molar-refractivity contribution in [3.63, 3.8) is 0 Å². The number of nitrogens with one attached hydrogen (secondary N) is 1. The van der Waals surface area contributed by atoms with Gasteiger partial charge in [0.2, 0.25) is 11.8 Å². The molecule has 0 aliphatic rings. The molecule has 0 saturated carbocycles. The van der Waals surface area contributed by atoms with Crippen LogP contribution in [0.4, 0.5) is 5.95 Å². The molecule has 0 aromatic carbocycles. The van der Waals surface area contributed by atoms with Crippen molar-refractivity contribution in [3.05, 3.63) is 10.9 Å². The third kappa shape index (κ3) is 3.80. The minimum atomic E-state index is 0.497. The Bertz CT molecular complexity index is 569.